The standard InChI is InChI=1S/C19H21F4NO2/c20-16(12-24)3-1-2-14-4-8-17(9-5-14)25-13-15-6-10-18(11-7-15)26-19(21,22)23/h3,6-7,10-11,14,17H,1-2,4-5,8-9,13H2/b16-3-. The molecule has 0 aromatic heterocycles. The summed E-state index contributed by atoms with van der Waals surface area (Å²) in [6.07, 6.45) is 2.00. The number of nitriles is 1. The van der Waals surface area contributed by atoms with Crippen molar-refractivity contribution in [2.24, 2.45) is 5.92 Å². The largest absolute Gasteiger partial charge is 0.573 e. The van der Waals surface area contributed by atoms with Crippen molar-refractivity contribution in [2.45, 2.75) is 57.6 Å². The Hall–Kier alpha value is -2.07. The van der Waals surface area contributed by atoms with E-state index in [0.717, 1.165) is 37.7 Å². The molecule has 7 heteroatoms. The highest BCUT2D eigenvalue weighted by Crippen LogP contribution is 2.30. The van der Waals surface area contributed by atoms with E-state index in [4.69, 9.17) is 10.00 Å². The first-order valence-corrected chi connectivity index (χ1v) is 8.58. The predicted molar refractivity (Wildman–Crippen MR) is 87.7 cm³/mol. The quantitative estimate of drug-likeness (QED) is 0.448. The Kier molecular flexibility index (Phi) is 7.46. The Morgan fingerprint density at radius 2 is 1.81 bits per heavy atom. The SMILES string of the molecule is N#C/C(F)=C/CCC1CCC(OCc2ccc(OC(F)(F)F)cc2)CC1. The zero-order valence-corrected chi connectivity index (χ0v) is 14.3. The van der Waals surface area contributed by atoms with E-state index in [1.165, 1.54) is 24.3 Å². The van der Waals surface area contributed by atoms with Crippen LogP contribution in [0.1, 0.15) is 44.1 Å². The molecule has 2 rings (SSSR count). The summed E-state index contributed by atoms with van der Waals surface area (Å²) in [4.78, 5) is 0. The summed E-state index contributed by atoms with van der Waals surface area (Å²) in [6.45, 7) is 0.345. The second-order valence-electron chi connectivity index (χ2n) is 6.39. The normalized spacial score (nSPS) is 21.3. The Balaban J connectivity index is 1.68. The van der Waals surface area contributed by atoms with Crippen molar-refractivity contribution in [2.75, 3.05) is 0 Å². The van der Waals surface area contributed by atoms with Gasteiger partial charge in [-0.25, -0.2) is 0 Å². The smallest absolute Gasteiger partial charge is 0.406 e. The van der Waals surface area contributed by atoms with Crippen LogP contribution in [-0.2, 0) is 11.3 Å². The second kappa shape index (κ2) is 9.58. The van der Waals surface area contributed by atoms with Gasteiger partial charge < -0.3 is 9.47 Å². The third-order valence-electron chi connectivity index (χ3n) is 4.44. The summed E-state index contributed by atoms with van der Waals surface area (Å²) in [6, 6.07) is 7.13. The van der Waals surface area contributed by atoms with Crippen molar-refractivity contribution >= 4 is 0 Å². The molecule has 26 heavy (non-hydrogen) atoms. The molecule has 1 fully saturated rings. The molecule has 0 unspecified atom stereocenters. The summed E-state index contributed by atoms with van der Waals surface area (Å²) >= 11 is 0. The van der Waals surface area contributed by atoms with E-state index < -0.39 is 12.2 Å². The maximum absolute atomic E-state index is 12.7. The van der Waals surface area contributed by atoms with Crippen molar-refractivity contribution in [3.63, 3.8) is 0 Å². The average molecular weight is 371 g/mol. The van der Waals surface area contributed by atoms with Gasteiger partial charge in [0.2, 0.25) is 0 Å². The molecule has 0 heterocycles. The number of hydrogen-bond donors (Lipinski definition) is 0. The molecule has 142 valence electrons. The molecular weight excluding hydrogens is 350 g/mol. The van der Waals surface area contributed by atoms with Gasteiger partial charge in [0.1, 0.15) is 11.8 Å². The molecular formula is C19H21F4NO2. The number of hydrogen-bond acceptors (Lipinski definition) is 3. The zero-order chi connectivity index (χ0) is 19.0. The second-order valence-corrected chi connectivity index (χ2v) is 6.39. The summed E-state index contributed by atoms with van der Waals surface area (Å²) in [5, 5.41) is 8.36. The topological polar surface area (TPSA) is 42.2 Å². The van der Waals surface area contributed by atoms with E-state index in [0.29, 0.717) is 18.9 Å². The Labute approximate surface area is 150 Å². The van der Waals surface area contributed by atoms with Crippen molar-refractivity contribution in [3.8, 4) is 11.8 Å². The van der Waals surface area contributed by atoms with Crippen LogP contribution >= 0.6 is 0 Å². The van der Waals surface area contributed by atoms with Crippen molar-refractivity contribution in [1.29, 1.82) is 5.26 Å². The van der Waals surface area contributed by atoms with Gasteiger partial charge in [0, 0.05) is 0 Å². The highest BCUT2D eigenvalue weighted by molar-refractivity contribution is 5.27. The minimum atomic E-state index is -4.69. The molecule has 1 aromatic rings. The van der Waals surface area contributed by atoms with E-state index in [2.05, 4.69) is 4.74 Å². The minimum Gasteiger partial charge on any atom is -0.406 e. The first-order chi connectivity index (χ1) is 12.4. The van der Waals surface area contributed by atoms with E-state index >= 15 is 0 Å². The van der Waals surface area contributed by atoms with Crippen LogP contribution in [0.2, 0.25) is 0 Å². The van der Waals surface area contributed by atoms with Gasteiger partial charge in [0.15, 0.2) is 5.83 Å². The fraction of sp³-hybridized carbons (Fsp3) is 0.526. The van der Waals surface area contributed by atoms with Crippen molar-refractivity contribution in [1.82, 2.24) is 0 Å². The Morgan fingerprint density at radius 3 is 2.38 bits per heavy atom. The number of rotatable bonds is 7. The summed E-state index contributed by atoms with van der Waals surface area (Å²) in [5.74, 6) is -0.464. The zero-order valence-electron chi connectivity index (χ0n) is 14.3. The number of alkyl halides is 3. The minimum absolute atomic E-state index is 0.128. The third-order valence-corrected chi connectivity index (χ3v) is 4.44. The van der Waals surface area contributed by atoms with E-state index in [9.17, 15) is 17.6 Å². The van der Waals surface area contributed by atoms with Gasteiger partial charge >= 0.3 is 6.36 Å². The number of allylic oxidation sites excluding steroid dienone is 2. The van der Waals surface area contributed by atoms with E-state index in [1.807, 2.05) is 0 Å². The van der Waals surface area contributed by atoms with Crippen LogP contribution in [0.3, 0.4) is 0 Å². The van der Waals surface area contributed by atoms with E-state index in [-0.39, 0.29) is 11.9 Å². The fourth-order valence-electron chi connectivity index (χ4n) is 3.08. The lowest BCUT2D eigenvalue weighted by Gasteiger charge is -2.28. The Morgan fingerprint density at radius 1 is 1.15 bits per heavy atom. The van der Waals surface area contributed by atoms with Crippen LogP contribution in [0.5, 0.6) is 5.75 Å². The van der Waals surface area contributed by atoms with E-state index in [1.54, 1.807) is 12.1 Å². The molecule has 0 bridgehead atoms. The summed E-state index contributed by atoms with van der Waals surface area (Å²) in [5.41, 5.74) is 0.791. The molecule has 0 aliphatic heterocycles. The van der Waals surface area contributed by atoms with Crippen molar-refractivity contribution in [3.05, 3.63) is 41.7 Å². The first-order valence-electron chi connectivity index (χ1n) is 8.58. The lowest BCUT2D eigenvalue weighted by atomic mass is 9.84. The molecule has 3 nitrogen and oxygen atoms in total. The maximum Gasteiger partial charge on any atom is 0.573 e. The van der Waals surface area contributed by atoms with Gasteiger partial charge in [-0.1, -0.05) is 12.1 Å². The van der Waals surface area contributed by atoms with Gasteiger partial charge in [-0.2, -0.15) is 9.65 Å². The lowest BCUT2D eigenvalue weighted by molar-refractivity contribution is -0.274. The maximum atomic E-state index is 12.7. The highest BCUT2D eigenvalue weighted by Gasteiger charge is 2.31. The predicted octanol–water partition coefficient (Wildman–Crippen LogP) is 5.82. The van der Waals surface area contributed by atoms with Crippen LogP contribution in [0, 0.1) is 17.2 Å². The molecule has 0 amide bonds. The van der Waals surface area contributed by atoms with Crippen molar-refractivity contribution < 1.29 is 27.0 Å². The molecule has 1 aromatic carbocycles. The molecule has 1 saturated carbocycles. The number of halogens is 4. The highest BCUT2D eigenvalue weighted by atomic mass is 19.4. The molecule has 1 aliphatic carbocycles. The van der Waals surface area contributed by atoms with Gasteiger partial charge in [0.25, 0.3) is 0 Å². The Bertz CT molecular complexity index is 626. The van der Waals surface area contributed by atoms with Gasteiger partial charge in [-0.05, 0) is 68.2 Å². The molecule has 0 radical (unpaired) electrons. The number of ether oxygens (including phenoxy) is 2. The molecule has 0 atom stereocenters. The lowest BCUT2D eigenvalue weighted by Crippen LogP contribution is -2.21. The van der Waals surface area contributed by atoms with Crippen LogP contribution in [0.25, 0.3) is 0 Å². The van der Waals surface area contributed by atoms with Crippen LogP contribution in [-0.4, -0.2) is 12.5 Å². The fourth-order valence-corrected chi connectivity index (χ4v) is 3.08. The monoisotopic (exact) mass is 371 g/mol. The molecule has 0 spiro atoms. The summed E-state index contributed by atoms with van der Waals surface area (Å²) in [7, 11) is 0. The number of nitrogens with zero attached hydrogens (tertiary/aromatic N) is 1. The van der Waals surface area contributed by atoms with Crippen LogP contribution in [0.15, 0.2) is 36.2 Å². The number of benzene rings is 1. The molecule has 0 N–H and O–H groups in total. The van der Waals surface area contributed by atoms with Gasteiger partial charge in [0.05, 0.1) is 12.7 Å². The van der Waals surface area contributed by atoms with Crippen LogP contribution in [0.4, 0.5) is 17.6 Å². The molecule has 0 saturated heterocycles. The first kappa shape index (κ1) is 20.2. The average Bonchev–Trinajstić information content (AvgIpc) is 2.61. The van der Waals surface area contributed by atoms with Gasteiger partial charge in [-0.3, -0.25) is 0 Å². The summed E-state index contributed by atoms with van der Waals surface area (Å²) < 4.78 is 58.8. The molecule has 1 aliphatic rings. The van der Waals surface area contributed by atoms with Crippen LogP contribution < -0.4 is 4.74 Å². The van der Waals surface area contributed by atoms with Gasteiger partial charge in [-0.15, -0.1) is 13.2 Å². The third kappa shape index (κ3) is 7.44.